The fraction of sp³-hybridized carbons (Fsp3) is 0.333. The van der Waals surface area contributed by atoms with E-state index in [-0.39, 0.29) is 20.7 Å². The van der Waals surface area contributed by atoms with Crippen molar-refractivity contribution in [3.63, 3.8) is 0 Å². The minimum Gasteiger partial charge on any atom is -0.342 e. The monoisotopic (exact) mass is 563 g/mol. The van der Waals surface area contributed by atoms with Crippen molar-refractivity contribution in [1.29, 1.82) is 0 Å². The highest BCUT2D eigenvalue weighted by molar-refractivity contribution is 8.00. The second kappa shape index (κ2) is 10.9. The Morgan fingerprint density at radius 1 is 1.17 bits per heavy atom. The first-order valence-electron chi connectivity index (χ1n) is 10.7. The van der Waals surface area contributed by atoms with Crippen LogP contribution in [0.4, 0.5) is 13.2 Å². The molecule has 2 heterocycles. The van der Waals surface area contributed by atoms with E-state index in [9.17, 15) is 26.4 Å². The average molecular weight is 564 g/mol. The van der Waals surface area contributed by atoms with Crippen LogP contribution in [0.1, 0.15) is 12.0 Å². The number of hydrogen-bond donors (Lipinski definition) is 1. The van der Waals surface area contributed by atoms with Crippen molar-refractivity contribution in [2.24, 2.45) is 4.40 Å². The van der Waals surface area contributed by atoms with Gasteiger partial charge in [-0.2, -0.15) is 17.6 Å². The van der Waals surface area contributed by atoms with Gasteiger partial charge < -0.3 is 4.84 Å². The first-order chi connectivity index (χ1) is 17.1. The van der Waals surface area contributed by atoms with E-state index in [0.717, 1.165) is 17.1 Å². The lowest BCUT2D eigenvalue weighted by molar-refractivity contribution is -0.227. The van der Waals surface area contributed by atoms with Crippen LogP contribution in [-0.2, 0) is 26.2 Å². The van der Waals surface area contributed by atoms with Gasteiger partial charge in [0.15, 0.2) is 0 Å². The number of amidine groups is 1. The molecule has 0 bridgehead atoms. The summed E-state index contributed by atoms with van der Waals surface area (Å²) >= 11 is 6.71. The molecule has 0 saturated carbocycles. The molecule has 1 fully saturated rings. The van der Waals surface area contributed by atoms with Crippen LogP contribution in [0.2, 0.25) is 0 Å². The van der Waals surface area contributed by atoms with Gasteiger partial charge in [-0.1, -0.05) is 48.5 Å². The van der Waals surface area contributed by atoms with Crippen LogP contribution in [0, 0.1) is 0 Å². The molecule has 36 heavy (non-hydrogen) atoms. The number of carbonyl (C=O) groups excluding carboxylic acids is 1. The Hall–Kier alpha value is -2.36. The van der Waals surface area contributed by atoms with Gasteiger partial charge in [-0.25, -0.2) is 23.6 Å². The highest BCUT2D eigenvalue weighted by Crippen LogP contribution is 2.34. The summed E-state index contributed by atoms with van der Waals surface area (Å²) in [4.78, 5) is 17.9. The number of hydrazine groups is 1. The molecule has 2 aliphatic heterocycles. The summed E-state index contributed by atoms with van der Waals surface area (Å²) in [5.41, 5.74) is 2.60. The lowest BCUT2D eigenvalue weighted by Crippen LogP contribution is -2.57. The maximum Gasteiger partial charge on any atom is 0.492 e. The topological polar surface area (TPSA) is 94.6 Å². The number of nitrogens with zero attached hydrogens (tertiary/aromatic N) is 4. The minimum atomic E-state index is -5.43. The second-order valence-electron chi connectivity index (χ2n) is 7.95. The molecule has 1 N–H and O–H groups in total. The zero-order chi connectivity index (χ0) is 25.9. The predicted molar refractivity (Wildman–Crippen MR) is 127 cm³/mol. The molecular weight excluding hydrogens is 543 g/mol. The fourth-order valence-corrected chi connectivity index (χ4v) is 6.31. The number of nitrogens with one attached hydrogen (secondary N) is 1. The number of benzene rings is 2. The van der Waals surface area contributed by atoms with E-state index >= 15 is 0 Å². The van der Waals surface area contributed by atoms with Gasteiger partial charge in [0.25, 0.3) is 10.0 Å². The molecule has 0 aliphatic carbocycles. The summed E-state index contributed by atoms with van der Waals surface area (Å²) in [5.74, 6) is -2.69. The molecule has 0 amide bonds. The second-order valence-corrected chi connectivity index (χ2v) is 10.9. The maximum absolute atomic E-state index is 13.2. The van der Waals surface area contributed by atoms with Gasteiger partial charge in [0.05, 0.1) is 4.90 Å². The Balaban J connectivity index is 1.53. The van der Waals surface area contributed by atoms with Crippen LogP contribution >= 0.6 is 23.5 Å². The molecule has 194 valence electrons. The first-order valence-corrected chi connectivity index (χ1v) is 13.3. The van der Waals surface area contributed by atoms with E-state index in [1.807, 2.05) is 30.3 Å². The van der Waals surface area contributed by atoms with Crippen LogP contribution in [0.15, 0.2) is 70.0 Å². The highest BCUT2D eigenvalue weighted by Gasteiger charge is 2.50. The summed E-state index contributed by atoms with van der Waals surface area (Å²) in [6.07, 6.45) is -4.78. The number of likely N-dealkylation sites (tertiary alicyclic amines) is 1. The zero-order valence-corrected chi connectivity index (χ0v) is 20.9. The minimum absolute atomic E-state index is 0.0224. The van der Waals surface area contributed by atoms with Gasteiger partial charge in [-0.15, -0.1) is 0 Å². The van der Waals surface area contributed by atoms with E-state index in [1.165, 1.54) is 30.3 Å². The molecule has 2 atom stereocenters. The average Bonchev–Trinajstić information content (AvgIpc) is 3.44. The predicted octanol–water partition coefficient (Wildman–Crippen LogP) is 3.32. The molecule has 15 heteroatoms. The molecule has 4 rings (SSSR count). The third-order valence-corrected chi connectivity index (χ3v) is 8.33. The summed E-state index contributed by atoms with van der Waals surface area (Å²) in [5, 5.41) is 0.885. The molecule has 1 unspecified atom stereocenters. The van der Waals surface area contributed by atoms with Crippen molar-refractivity contribution in [2.75, 3.05) is 13.1 Å². The van der Waals surface area contributed by atoms with Gasteiger partial charge >= 0.3 is 12.1 Å². The third-order valence-electron chi connectivity index (χ3n) is 5.35. The van der Waals surface area contributed by atoms with Crippen LogP contribution in [0.5, 0.6) is 0 Å². The quantitative estimate of drug-likeness (QED) is 0.297. The van der Waals surface area contributed by atoms with Crippen LogP contribution in [0.25, 0.3) is 0 Å². The van der Waals surface area contributed by atoms with E-state index in [1.54, 1.807) is 0 Å². The molecule has 2 aromatic rings. The van der Waals surface area contributed by atoms with Crippen LogP contribution in [-0.4, -0.2) is 64.9 Å². The van der Waals surface area contributed by atoms with Crippen molar-refractivity contribution in [2.45, 2.75) is 35.6 Å². The molecule has 2 aliphatic rings. The lowest BCUT2D eigenvalue weighted by Gasteiger charge is -2.33. The normalized spacial score (nSPS) is 21.1. The van der Waals surface area contributed by atoms with Crippen molar-refractivity contribution in [3.8, 4) is 0 Å². The molecular formula is C21H21ClF3N5O4S2. The zero-order valence-electron chi connectivity index (χ0n) is 18.5. The van der Waals surface area contributed by atoms with E-state index in [2.05, 4.69) is 19.6 Å². The number of sulfonamides is 1. The number of hydroxylamine groups is 1. The molecule has 0 radical (unpaired) electrons. The number of halogens is 4. The van der Waals surface area contributed by atoms with Crippen molar-refractivity contribution < 1.29 is 31.2 Å². The van der Waals surface area contributed by atoms with Gasteiger partial charge in [-0.05, 0) is 35.7 Å². The Bertz CT molecular complexity index is 1210. The Labute approximate surface area is 215 Å². The lowest BCUT2D eigenvalue weighted by atomic mass is 10.2. The molecule has 2 aromatic carbocycles. The highest BCUT2D eigenvalue weighted by atomic mass is 35.5. The number of rotatable bonds is 8. The van der Waals surface area contributed by atoms with Gasteiger partial charge in [-0.3, -0.25) is 4.90 Å². The Morgan fingerprint density at radius 2 is 1.81 bits per heavy atom. The summed E-state index contributed by atoms with van der Waals surface area (Å²) < 4.78 is 69.4. The van der Waals surface area contributed by atoms with E-state index in [4.69, 9.17) is 11.6 Å². The van der Waals surface area contributed by atoms with Crippen molar-refractivity contribution >= 4 is 44.8 Å². The smallest absolute Gasteiger partial charge is 0.342 e. The standard InChI is InChI=1S/C21H21ClF3N5O4S2/c22-19-27-35-20(29(19)26-16-11-12-28(14-16)13-15-7-3-1-4-8-15)30(34-18(31)21(23,24)25)36(32,33)17-9-5-2-6-10-17/h1-10,16,20,26H,11-14H2/t16?,20-/m1/s1. The number of alkyl halides is 3. The van der Waals surface area contributed by atoms with Gasteiger partial charge in [0, 0.05) is 42.1 Å². The van der Waals surface area contributed by atoms with Crippen LogP contribution < -0.4 is 5.43 Å². The summed E-state index contributed by atoms with van der Waals surface area (Å²) in [6, 6.07) is 16.2. The molecule has 9 nitrogen and oxygen atoms in total. The number of hydrogen-bond acceptors (Lipinski definition) is 9. The van der Waals surface area contributed by atoms with Crippen molar-refractivity contribution in [3.05, 3.63) is 66.2 Å². The van der Waals surface area contributed by atoms with Gasteiger partial charge in [0.1, 0.15) is 0 Å². The first kappa shape index (κ1) is 26.7. The maximum atomic E-state index is 13.2. The van der Waals surface area contributed by atoms with Crippen LogP contribution in [0.3, 0.4) is 0 Å². The summed E-state index contributed by atoms with van der Waals surface area (Å²) in [6.45, 7) is 1.97. The Morgan fingerprint density at radius 3 is 2.44 bits per heavy atom. The molecule has 0 aromatic heterocycles. The SMILES string of the molecule is O=C(ON([C@@H]1SN=C(Cl)N1NC1CCN(Cc2ccccc2)C1)S(=O)(=O)c1ccccc1)C(F)(F)F. The van der Waals surface area contributed by atoms with Gasteiger partial charge in [0.2, 0.25) is 10.8 Å². The molecule has 0 spiro atoms. The largest absolute Gasteiger partial charge is 0.492 e. The fourth-order valence-electron chi connectivity index (χ4n) is 3.69. The van der Waals surface area contributed by atoms with E-state index in [0.29, 0.717) is 31.5 Å². The summed E-state index contributed by atoms with van der Waals surface area (Å²) in [7, 11) is -4.74. The number of carbonyl (C=O) groups is 1. The van der Waals surface area contributed by atoms with E-state index < -0.39 is 27.7 Å². The molecule has 1 saturated heterocycles. The van der Waals surface area contributed by atoms with Crippen molar-refractivity contribution in [1.82, 2.24) is 19.8 Å². The Kier molecular flexibility index (Phi) is 8.12. The third kappa shape index (κ3) is 6.12.